The molecule has 0 atom stereocenters. The van der Waals surface area contributed by atoms with Crippen LogP contribution in [0.25, 0.3) is 22.3 Å². The Morgan fingerprint density at radius 1 is 1.06 bits per heavy atom. The first-order chi connectivity index (χ1) is 17.4. The Morgan fingerprint density at radius 3 is 2.56 bits per heavy atom. The molecule has 0 fully saturated rings. The number of likely N-dealkylation sites (N-methyl/N-ethyl adjacent to an activating group) is 1. The van der Waals surface area contributed by atoms with Gasteiger partial charge in [0.25, 0.3) is 5.91 Å². The number of aromatic nitrogens is 3. The van der Waals surface area contributed by atoms with Crippen molar-refractivity contribution in [3.8, 4) is 22.8 Å². The summed E-state index contributed by atoms with van der Waals surface area (Å²) in [4.78, 5) is 32.4. The molecule has 0 saturated heterocycles. The summed E-state index contributed by atoms with van der Waals surface area (Å²) in [5.41, 5.74) is 3.09. The lowest BCUT2D eigenvalue weighted by Crippen LogP contribution is -2.35. The summed E-state index contributed by atoms with van der Waals surface area (Å²) in [6.07, 6.45) is 1.65. The normalized spacial score (nSPS) is 12.6. The second kappa shape index (κ2) is 9.69. The molecular formula is C27H27N5O4. The van der Waals surface area contributed by atoms with Crippen molar-refractivity contribution in [2.24, 2.45) is 0 Å². The quantitative estimate of drug-likeness (QED) is 0.440. The minimum absolute atomic E-state index is 0.0443. The highest BCUT2D eigenvalue weighted by Crippen LogP contribution is 2.35. The maximum atomic E-state index is 13.6. The lowest BCUT2D eigenvalue weighted by molar-refractivity contribution is -0.116. The molecule has 5 rings (SSSR count). The third-order valence-corrected chi connectivity index (χ3v) is 5.91. The van der Waals surface area contributed by atoms with E-state index in [0.29, 0.717) is 52.7 Å². The van der Waals surface area contributed by atoms with Gasteiger partial charge >= 0.3 is 0 Å². The number of hydrogen-bond acceptors (Lipinski definition) is 6. The molecule has 2 aromatic carbocycles. The Kier molecular flexibility index (Phi) is 6.28. The molecule has 0 saturated carbocycles. The van der Waals surface area contributed by atoms with Crippen molar-refractivity contribution in [1.29, 1.82) is 0 Å². The number of pyridine rings is 1. The van der Waals surface area contributed by atoms with Crippen molar-refractivity contribution in [1.82, 2.24) is 19.7 Å². The number of para-hydroxylation sites is 1. The van der Waals surface area contributed by atoms with Gasteiger partial charge in [0.2, 0.25) is 5.91 Å². The van der Waals surface area contributed by atoms with Crippen LogP contribution in [0.15, 0.2) is 60.8 Å². The highest BCUT2D eigenvalue weighted by Gasteiger charge is 2.23. The van der Waals surface area contributed by atoms with Gasteiger partial charge in [-0.25, -0.2) is 9.67 Å². The van der Waals surface area contributed by atoms with Gasteiger partial charge in [-0.3, -0.25) is 9.59 Å². The fourth-order valence-electron chi connectivity index (χ4n) is 4.14. The van der Waals surface area contributed by atoms with Gasteiger partial charge in [0, 0.05) is 24.3 Å². The minimum Gasteiger partial charge on any atom is -0.486 e. The van der Waals surface area contributed by atoms with Gasteiger partial charge in [0.1, 0.15) is 13.2 Å². The SMILES string of the molecule is CC(C)n1ncc2c(C(=O)N(C)CC(=O)Nc3ccccc3)cc(-c3ccc4c(c3)OCCO4)nc21. The zero-order valence-electron chi connectivity index (χ0n) is 20.4. The Balaban J connectivity index is 1.49. The van der Waals surface area contributed by atoms with E-state index in [4.69, 9.17) is 14.5 Å². The number of hydrogen-bond donors (Lipinski definition) is 1. The smallest absolute Gasteiger partial charge is 0.254 e. The maximum Gasteiger partial charge on any atom is 0.254 e. The molecule has 9 heteroatoms. The highest BCUT2D eigenvalue weighted by molar-refractivity contribution is 6.08. The molecule has 9 nitrogen and oxygen atoms in total. The summed E-state index contributed by atoms with van der Waals surface area (Å²) < 4.78 is 13.2. The number of carbonyl (C=O) groups is 2. The molecule has 0 bridgehead atoms. The topological polar surface area (TPSA) is 98.6 Å². The Morgan fingerprint density at radius 2 is 1.81 bits per heavy atom. The number of amides is 2. The first kappa shape index (κ1) is 23.3. The molecule has 184 valence electrons. The molecule has 1 aliphatic heterocycles. The Bertz CT molecular complexity index is 1430. The molecular weight excluding hydrogens is 458 g/mol. The maximum absolute atomic E-state index is 13.6. The van der Waals surface area contributed by atoms with E-state index in [2.05, 4.69) is 10.4 Å². The Hall–Kier alpha value is -4.40. The lowest BCUT2D eigenvalue weighted by atomic mass is 10.1. The van der Waals surface area contributed by atoms with Crippen molar-refractivity contribution in [3.05, 3.63) is 66.4 Å². The average Bonchev–Trinajstić information content (AvgIpc) is 3.32. The van der Waals surface area contributed by atoms with E-state index >= 15 is 0 Å². The van der Waals surface area contributed by atoms with Crippen molar-refractivity contribution in [2.45, 2.75) is 19.9 Å². The number of nitrogens with one attached hydrogen (secondary N) is 1. The van der Waals surface area contributed by atoms with Crippen molar-refractivity contribution >= 4 is 28.5 Å². The first-order valence-corrected chi connectivity index (χ1v) is 11.8. The van der Waals surface area contributed by atoms with Crippen LogP contribution in [0.2, 0.25) is 0 Å². The number of anilines is 1. The summed E-state index contributed by atoms with van der Waals surface area (Å²) in [6.45, 7) is 4.89. The number of carbonyl (C=O) groups excluding carboxylic acids is 2. The van der Waals surface area contributed by atoms with Crippen LogP contribution >= 0.6 is 0 Å². The van der Waals surface area contributed by atoms with Gasteiger partial charge in [-0.15, -0.1) is 0 Å². The predicted octanol–water partition coefficient (Wildman–Crippen LogP) is 4.16. The van der Waals surface area contributed by atoms with Crippen molar-refractivity contribution < 1.29 is 19.1 Å². The number of nitrogens with zero attached hydrogens (tertiary/aromatic N) is 4. The van der Waals surface area contributed by atoms with Crippen LogP contribution in [0.4, 0.5) is 5.69 Å². The van der Waals surface area contributed by atoms with E-state index in [1.807, 2.05) is 50.2 Å². The van der Waals surface area contributed by atoms with Crippen LogP contribution in [-0.4, -0.2) is 58.3 Å². The largest absolute Gasteiger partial charge is 0.486 e. The summed E-state index contributed by atoms with van der Waals surface area (Å²) in [6, 6.07) is 16.5. The minimum atomic E-state index is -0.298. The number of rotatable bonds is 6. The van der Waals surface area contributed by atoms with Crippen molar-refractivity contribution in [3.63, 3.8) is 0 Å². The Labute approximate surface area is 208 Å². The summed E-state index contributed by atoms with van der Waals surface area (Å²) in [5.74, 6) is 0.736. The molecule has 0 unspecified atom stereocenters. The summed E-state index contributed by atoms with van der Waals surface area (Å²) >= 11 is 0. The van der Waals surface area contributed by atoms with Gasteiger partial charge in [-0.2, -0.15) is 5.10 Å². The van der Waals surface area contributed by atoms with Crippen LogP contribution in [0.1, 0.15) is 30.2 Å². The van der Waals surface area contributed by atoms with Gasteiger partial charge in [-0.05, 0) is 50.2 Å². The molecule has 2 amide bonds. The van der Waals surface area contributed by atoms with Crippen LogP contribution < -0.4 is 14.8 Å². The van der Waals surface area contributed by atoms with E-state index in [9.17, 15) is 9.59 Å². The fourth-order valence-corrected chi connectivity index (χ4v) is 4.14. The second-order valence-corrected chi connectivity index (χ2v) is 8.91. The zero-order valence-corrected chi connectivity index (χ0v) is 20.4. The van der Waals surface area contributed by atoms with E-state index in [1.165, 1.54) is 4.90 Å². The van der Waals surface area contributed by atoms with E-state index < -0.39 is 0 Å². The standard InChI is InChI=1S/C27H27N5O4/c1-17(2)32-26-21(15-28-32)20(27(34)31(3)16-25(33)29-19-7-5-4-6-8-19)14-22(30-26)18-9-10-23-24(13-18)36-12-11-35-23/h4-10,13-15,17H,11-12,16H2,1-3H3,(H,29,33). The second-order valence-electron chi connectivity index (χ2n) is 8.91. The van der Waals surface area contributed by atoms with Gasteiger partial charge in [0.15, 0.2) is 17.1 Å². The molecule has 0 aliphatic carbocycles. The number of benzene rings is 2. The molecule has 3 heterocycles. The number of fused-ring (bicyclic) bond motifs is 2. The fraction of sp³-hybridized carbons (Fsp3) is 0.259. The van der Waals surface area contributed by atoms with Crippen LogP contribution in [-0.2, 0) is 4.79 Å². The van der Waals surface area contributed by atoms with Gasteiger partial charge in [0.05, 0.1) is 29.4 Å². The molecule has 1 aliphatic rings. The molecule has 0 spiro atoms. The van der Waals surface area contributed by atoms with Crippen LogP contribution in [0.5, 0.6) is 11.5 Å². The van der Waals surface area contributed by atoms with Crippen molar-refractivity contribution in [2.75, 3.05) is 32.1 Å². The van der Waals surface area contributed by atoms with E-state index in [-0.39, 0.29) is 24.4 Å². The molecule has 1 N–H and O–H groups in total. The summed E-state index contributed by atoms with van der Waals surface area (Å²) in [7, 11) is 1.61. The lowest BCUT2D eigenvalue weighted by Gasteiger charge is -2.20. The third kappa shape index (κ3) is 4.59. The predicted molar refractivity (Wildman–Crippen MR) is 136 cm³/mol. The molecule has 4 aromatic rings. The zero-order chi connectivity index (χ0) is 25.2. The van der Waals surface area contributed by atoms with Crippen LogP contribution in [0, 0.1) is 0 Å². The monoisotopic (exact) mass is 485 g/mol. The highest BCUT2D eigenvalue weighted by atomic mass is 16.6. The number of ether oxygens (including phenoxy) is 2. The van der Waals surface area contributed by atoms with Crippen LogP contribution in [0.3, 0.4) is 0 Å². The van der Waals surface area contributed by atoms with E-state index in [1.54, 1.807) is 36.1 Å². The first-order valence-electron chi connectivity index (χ1n) is 11.8. The molecule has 36 heavy (non-hydrogen) atoms. The molecule has 0 radical (unpaired) electrons. The van der Waals surface area contributed by atoms with E-state index in [0.717, 1.165) is 5.56 Å². The average molecular weight is 486 g/mol. The summed E-state index contributed by atoms with van der Waals surface area (Å²) in [5, 5.41) is 7.92. The van der Waals surface area contributed by atoms with Gasteiger partial charge in [-0.1, -0.05) is 18.2 Å². The van der Waals surface area contributed by atoms with Gasteiger partial charge < -0.3 is 19.7 Å². The third-order valence-electron chi connectivity index (χ3n) is 5.91. The molecule has 2 aromatic heterocycles.